The van der Waals surface area contributed by atoms with E-state index in [1.54, 1.807) is 17.4 Å². The van der Waals surface area contributed by atoms with Crippen molar-refractivity contribution in [3.05, 3.63) is 38.9 Å². The van der Waals surface area contributed by atoms with Crippen molar-refractivity contribution in [3.63, 3.8) is 0 Å². The average molecular weight is 279 g/mol. The topological polar surface area (TPSA) is 61.6 Å². The van der Waals surface area contributed by atoms with E-state index in [2.05, 4.69) is 15.3 Å². The monoisotopic (exact) mass is 278 g/mol. The molecule has 0 fully saturated rings. The SMILES string of the molecule is Cc1csc(C(C)Nc2cc(C#N)cc(Cl)n2)n1. The Balaban J connectivity index is 2.19. The largest absolute Gasteiger partial charge is 0.361 e. The van der Waals surface area contributed by atoms with E-state index in [-0.39, 0.29) is 6.04 Å². The molecule has 6 heteroatoms. The van der Waals surface area contributed by atoms with Crippen LogP contribution in [0.3, 0.4) is 0 Å². The minimum atomic E-state index is 0.0289. The van der Waals surface area contributed by atoms with Gasteiger partial charge in [-0.15, -0.1) is 11.3 Å². The molecule has 0 aliphatic rings. The number of nitrogens with one attached hydrogen (secondary N) is 1. The van der Waals surface area contributed by atoms with E-state index in [4.69, 9.17) is 16.9 Å². The van der Waals surface area contributed by atoms with E-state index in [1.807, 2.05) is 25.3 Å². The third-order valence-electron chi connectivity index (χ3n) is 2.29. The van der Waals surface area contributed by atoms with Gasteiger partial charge >= 0.3 is 0 Å². The van der Waals surface area contributed by atoms with Crippen LogP contribution in [-0.2, 0) is 0 Å². The lowest BCUT2D eigenvalue weighted by atomic mass is 10.2. The highest BCUT2D eigenvalue weighted by Gasteiger charge is 2.10. The fraction of sp³-hybridized carbons (Fsp3) is 0.250. The Bertz CT molecular complexity index is 602. The van der Waals surface area contributed by atoms with Crippen LogP contribution in [0.4, 0.5) is 5.82 Å². The van der Waals surface area contributed by atoms with Crippen molar-refractivity contribution in [2.75, 3.05) is 5.32 Å². The van der Waals surface area contributed by atoms with Crippen molar-refractivity contribution in [2.45, 2.75) is 19.9 Å². The molecule has 0 aromatic carbocycles. The Morgan fingerprint density at radius 1 is 1.44 bits per heavy atom. The van der Waals surface area contributed by atoms with E-state index >= 15 is 0 Å². The van der Waals surface area contributed by atoms with Crippen LogP contribution in [0.15, 0.2) is 17.5 Å². The number of thiazole rings is 1. The van der Waals surface area contributed by atoms with Gasteiger partial charge in [-0.1, -0.05) is 11.6 Å². The molecule has 1 unspecified atom stereocenters. The molecule has 4 nitrogen and oxygen atoms in total. The summed E-state index contributed by atoms with van der Waals surface area (Å²) in [6, 6.07) is 5.28. The number of aromatic nitrogens is 2. The number of halogens is 1. The highest BCUT2D eigenvalue weighted by molar-refractivity contribution is 7.09. The number of rotatable bonds is 3. The minimum absolute atomic E-state index is 0.0289. The van der Waals surface area contributed by atoms with Crippen molar-refractivity contribution in [2.24, 2.45) is 0 Å². The molecule has 0 saturated carbocycles. The summed E-state index contributed by atoms with van der Waals surface area (Å²) in [7, 11) is 0. The van der Waals surface area contributed by atoms with Crippen molar-refractivity contribution < 1.29 is 0 Å². The van der Waals surface area contributed by atoms with Gasteiger partial charge < -0.3 is 5.32 Å². The minimum Gasteiger partial charge on any atom is -0.361 e. The van der Waals surface area contributed by atoms with Crippen LogP contribution in [0, 0.1) is 18.3 Å². The van der Waals surface area contributed by atoms with E-state index in [0.717, 1.165) is 10.7 Å². The van der Waals surface area contributed by atoms with Crippen LogP contribution in [0.2, 0.25) is 5.15 Å². The second kappa shape index (κ2) is 5.34. The first-order valence-electron chi connectivity index (χ1n) is 5.34. The van der Waals surface area contributed by atoms with Gasteiger partial charge in [0.15, 0.2) is 0 Å². The molecule has 92 valence electrons. The summed E-state index contributed by atoms with van der Waals surface area (Å²) >= 11 is 7.44. The van der Waals surface area contributed by atoms with Gasteiger partial charge in [0.2, 0.25) is 0 Å². The Morgan fingerprint density at radius 3 is 2.83 bits per heavy atom. The van der Waals surface area contributed by atoms with Crippen LogP contribution in [0.5, 0.6) is 0 Å². The van der Waals surface area contributed by atoms with Crippen LogP contribution < -0.4 is 5.32 Å². The van der Waals surface area contributed by atoms with Crippen LogP contribution in [-0.4, -0.2) is 9.97 Å². The zero-order valence-corrected chi connectivity index (χ0v) is 11.5. The quantitative estimate of drug-likeness (QED) is 0.872. The van der Waals surface area contributed by atoms with Gasteiger partial charge in [-0.25, -0.2) is 9.97 Å². The van der Waals surface area contributed by atoms with Crippen LogP contribution >= 0.6 is 22.9 Å². The van der Waals surface area contributed by atoms with Crippen LogP contribution in [0.25, 0.3) is 0 Å². The fourth-order valence-electron chi connectivity index (χ4n) is 1.49. The summed E-state index contributed by atoms with van der Waals surface area (Å²) in [4.78, 5) is 8.54. The molecule has 0 spiro atoms. The fourth-order valence-corrected chi connectivity index (χ4v) is 2.50. The molecule has 1 atom stereocenters. The molecule has 0 saturated heterocycles. The summed E-state index contributed by atoms with van der Waals surface area (Å²) in [6.45, 7) is 3.95. The van der Waals surface area contributed by atoms with Crippen LogP contribution in [0.1, 0.15) is 29.2 Å². The van der Waals surface area contributed by atoms with Gasteiger partial charge in [0, 0.05) is 11.1 Å². The Kier molecular flexibility index (Phi) is 3.80. The Labute approximate surface area is 114 Å². The molecule has 0 bridgehead atoms. The summed E-state index contributed by atoms with van der Waals surface area (Å²) < 4.78 is 0. The first-order chi connectivity index (χ1) is 8.58. The highest BCUT2D eigenvalue weighted by Crippen LogP contribution is 2.22. The summed E-state index contributed by atoms with van der Waals surface area (Å²) in [6.07, 6.45) is 0. The predicted molar refractivity (Wildman–Crippen MR) is 72.9 cm³/mol. The lowest BCUT2D eigenvalue weighted by Gasteiger charge is -2.12. The van der Waals surface area contributed by atoms with Crippen molar-refractivity contribution in [1.82, 2.24) is 9.97 Å². The predicted octanol–water partition coefficient (Wildman–Crippen LogP) is 3.54. The number of hydrogen-bond donors (Lipinski definition) is 1. The van der Waals surface area contributed by atoms with E-state index in [9.17, 15) is 0 Å². The zero-order chi connectivity index (χ0) is 13.1. The molecule has 2 aromatic heterocycles. The van der Waals surface area contributed by atoms with E-state index in [0.29, 0.717) is 16.5 Å². The Hall–Kier alpha value is -1.64. The molecule has 0 radical (unpaired) electrons. The van der Waals surface area contributed by atoms with Crippen molar-refractivity contribution in [1.29, 1.82) is 5.26 Å². The van der Waals surface area contributed by atoms with Gasteiger partial charge in [0.25, 0.3) is 0 Å². The number of hydrogen-bond acceptors (Lipinski definition) is 5. The second-order valence-corrected chi connectivity index (χ2v) is 5.15. The van der Waals surface area contributed by atoms with Gasteiger partial charge in [0.05, 0.1) is 17.7 Å². The standard InChI is InChI=1S/C12H11ClN4S/c1-7-6-18-12(15-7)8(2)16-11-4-9(5-14)3-10(13)17-11/h3-4,6,8H,1-2H3,(H,16,17). The first kappa shape index (κ1) is 12.8. The van der Waals surface area contributed by atoms with E-state index in [1.165, 1.54) is 6.07 Å². The molecule has 1 N–H and O–H groups in total. The van der Waals surface area contributed by atoms with E-state index < -0.39 is 0 Å². The number of nitrogens with zero attached hydrogens (tertiary/aromatic N) is 3. The number of pyridine rings is 1. The molecule has 2 aromatic rings. The zero-order valence-electron chi connectivity index (χ0n) is 9.94. The second-order valence-electron chi connectivity index (χ2n) is 3.87. The molecular weight excluding hydrogens is 268 g/mol. The first-order valence-corrected chi connectivity index (χ1v) is 6.60. The molecule has 2 rings (SSSR count). The molecule has 2 heterocycles. The Morgan fingerprint density at radius 2 is 2.22 bits per heavy atom. The molecule has 0 amide bonds. The average Bonchev–Trinajstić information content (AvgIpc) is 2.75. The molecular formula is C12H11ClN4S. The third kappa shape index (κ3) is 2.97. The maximum atomic E-state index is 8.87. The summed E-state index contributed by atoms with van der Waals surface area (Å²) in [5, 5.41) is 15.3. The molecule has 0 aliphatic heterocycles. The number of nitriles is 1. The van der Waals surface area contributed by atoms with Gasteiger partial charge in [-0.2, -0.15) is 5.26 Å². The molecule has 18 heavy (non-hydrogen) atoms. The van der Waals surface area contributed by atoms with Gasteiger partial charge in [-0.3, -0.25) is 0 Å². The summed E-state index contributed by atoms with van der Waals surface area (Å²) in [5.74, 6) is 0.583. The normalized spacial score (nSPS) is 11.9. The maximum absolute atomic E-state index is 8.87. The van der Waals surface area contributed by atoms with Gasteiger partial charge in [0.1, 0.15) is 16.0 Å². The lowest BCUT2D eigenvalue weighted by molar-refractivity contribution is 0.855. The lowest BCUT2D eigenvalue weighted by Crippen LogP contribution is -2.08. The van der Waals surface area contributed by atoms with Crippen molar-refractivity contribution in [3.8, 4) is 6.07 Å². The smallest absolute Gasteiger partial charge is 0.132 e. The number of anilines is 1. The third-order valence-corrected chi connectivity index (χ3v) is 3.63. The van der Waals surface area contributed by atoms with Crippen molar-refractivity contribution >= 4 is 28.8 Å². The maximum Gasteiger partial charge on any atom is 0.132 e. The summed E-state index contributed by atoms with van der Waals surface area (Å²) in [5.41, 5.74) is 1.49. The molecule has 0 aliphatic carbocycles. The number of aryl methyl sites for hydroxylation is 1. The van der Waals surface area contributed by atoms with Gasteiger partial charge in [-0.05, 0) is 26.0 Å². The highest BCUT2D eigenvalue weighted by atomic mass is 35.5.